The highest BCUT2D eigenvalue weighted by molar-refractivity contribution is 7.85. The van der Waals surface area contributed by atoms with Gasteiger partial charge < -0.3 is 9.73 Å². The Labute approximate surface area is 104 Å². The van der Waals surface area contributed by atoms with Crippen LogP contribution in [0.15, 0.2) is 16.7 Å². The molecular formula is C13H19NO2S. The third-order valence-electron chi connectivity index (χ3n) is 3.88. The summed E-state index contributed by atoms with van der Waals surface area (Å²) < 4.78 is 16.8. The summed E-state index contributed by atoms with van der Waals surface area (Å²) in [6, 6.07) is 3.10. The molecule has 0 saturated carbocycles. The van der Waals surface area contributed by atoms with E-state index in [1.165, 1.54) is 18.4 Å². The van der Waals surface area contributed by atoms with Crippen molar-refractivity contribution in [1.82, 2.24) is 5.32 Å². The van der Waals surface area contributed by atoms with Gasteiger partial charge >= 0.3 is 0 Å². The highest BCUT2D eigenvalue weighted by Gasteiger charge is 2.26. The second kappa shape index (κ2) is 4.94. The minimum absolute atomic E-state index is 0.453. The first-order valence-corrected chi connectivity index (χ1v) is 7.99. The lowest BCUT2D eigenvalue weighted by molar-refractivity contribution is 0.359. The SMILES string of the molecule is O=S1CCC(NC2CCCc3occc32)CC1. The minimum atomic E-state index is -0.563. The molecule has 3 rings (SSSR count). The Morgan fingerprint density at radius 2 is 2.12 bits per heavy atom. The van der Waals surface area contributed by atoms with Crippen LogP contribution in [0.5, 0.6) is 0 Å². The highest BCUT2D eigenvalue weighted by atomic mass is 32.2. The quantitative estimate of drug-likeness (QED) is 0.878. The predicted molar refractivity (Wildman–Crippen MR) is 68.4 cm³/mol. The number of nitrogens with one attached hydrogen (secondary N) is 1. The molecule has 2 heterocycles. The number of hydrogen-bond acceptors (Lipinski definition) is 3. The molecule has 1 saturated heterocycles. The first kappa shape index (κ1) is 11.5. The van der Waals surface area contributed by atoms with Crippen molar-refractivity contribution < 1.29 is 8.63 Å². The fraction of sp³-hybridized carbons (Fsp3) is 0.692. The molecule has 1 N–H and O–H groups in total. The van der Waals surface area contributed by atoms with E-state index in [2.05, 4.69) is 11.4 Å². The van der Waals surface area contributed by atoms with Crippen molar-refractivity contribution in [3.63, 3.8) is 0 Å². The van der Waals surface area contributed by atoms with E-state index in [1.54, 1.807) is 6.26 Å². The van der Waals surface area contributed by atoms with Gasteiger partial charge in [-0.2, -0.15) is 0 Å². The van der Waals surface area contributed by atoms with Gasteiger partial charge in [0.25, 0.3) is 0 Å². The smallest absolute Gasteiger partial charge is 0.108 e. The summed E-state index contributed by atoms with van der Waals surface area (Å²) >= 11 is 0. The molecule has 1 fully saturated rings. The second-order valence-corrected chi connectivity index (χ2v) is 6.73. The average Bonchev–Trinajstić information content (AvgIpc) is 2.81. The maximum atomic E-state index is 11.3. The van der Waals surface area contributed by atoms with E-state index in [9.17, 15) is 4.21 Å². The number of rotatable bonds is 2. The molecule has 2 aliphatic rings. The maximum absolute atomic E-state index is 11.3. The Morgan fingerprint density at radius 3 is 2.94 bits per heavy atom. The summed E-state index contributed by atoms with van der Waals surface area (Å²) in [6.07, 6.45) is 7.39. The summed E-state index contributed by atoms with van der Waals surface area (Å²) in [4.78, 5) is 0. The van der Waals surface area contributed by atoms with Crippen LogP contribution < -0.4 is 5.32 Å². The van der Waals surface area contributed by atoms with Gasteiger partial charge in [-0.3, -0.25) is 4.21 Å². The largest absolute Gasteiger partial charge is 0.469 e. The van der Waals surface area contributed by atoms with Crippen molar-refractivity contribution in [2.45, 2.75) is 44.2 Å². The normalized spacial score (nSPS) is 33.3. The summed E-state index contributed by atoms with van der Waals surface area (Å²) in [5, 5.41) is 3.73. The first-order valence-electron chi connectivity index (χ1n) is 6.50. The second-order valence-electron chi connectivity index (χ2n) is 5.03. The molecule has 0 radical (unpaired) electrons. The fourth-order valence-electron chi connectivity index (χ4n) is 2.90. The van der Waals surface area contributed by atoms with Crippen molar-refractivity contribution in [2.24, 2.45) is 0 Å². The van der Waals surface area contributed by atoms with Crippen LogP contribution in [-0.2, 0) is 17.2 Å². The van der Waals surface area contributed by atoms with Crippen LogP contribution in [0, 0.1) is 0 Å². The van der Waals surface area contributed by atoms with Crippen molar-refractivity contribution >= 4 is 10.8 Å². The van der Waals surface area contributed by atoms with E-state index in [-0.39, 0.29) is 0 Å². The molecule has 1 aromatic rings. The van der Waals surface area contributed by atoms with Gasteiger partial charge in [-0.05, 0) is 31.7 Å². The average molecular weight is 253 g/mol. The zero-order valence-electron chi connectivity index (χ0n) is 9.98. The van der Waals surface area contributed by atoms with Crippen LogP contribution in [0.4, 0.5) is 0 Å². The van der Waals surface area contributed by atoms with Gasteiger partial charge in [0.15, 0.2) is 0 Å². The zero-order valence-corrected chi connectivity index (χ0v) is 10.8. The maximum Gasteiger partial charge on any atom is 0.108 e. The number of hydrogen-bond donors (Lipinski definition) is 1. The van der Waals surface area contributed by atoms with Crippen LogP contribution in [0.1, 0.15) is 43.0 Å². The molecule has 0 aromatic carbocycles. The molecule has 0 amide bonds. The minimum Gasteiger partial charge on any atom is -0.469 e. The summed E-state index contributed by atoms with van der Waals surface area (Å²) in [5.41, 5.74) is 1.35. The number of furan rings is 1. The van der Waals surface area contributed by atoms with Crippen LogP contribution in [0.25, 0.3) is 0 Å². The van der Waals surface area contributed by atoms with Crippen molar-refractivity contribution in [3.05, 3.63) is 23.7 Å². The van der Waals surface area contributed by atoms with Gasteiger partial charge in [-0.1, -0.05) is 0 Å². The van der Waals surface area contributed by atoms with Crippen LogP contribution in [0.2, 0.25) is 0 Å². The Kier molecular flexibility index (Phi) is 3.34. The molecule has 1 unspecified atom stereocenters. The van der Waals surface area contributed by atoms with Crippen LogP contribution in [-0.4, -0.2) is 21.8 Å². The molecule has 94 valence electrons. The Hall–Kier alpha value is -0.610. The third-order valence-corrected chi connectivity index (χ3v) is 5.26. The molecule has 1 aromatic heterocycles. The monoisotopic (exact) mass is 253 g/mol. The predicted octanol–water partition coefficient (Wildman–Crippen LogP) is 2.16. The van der Waals surface area contributed by atoms with Crippen LogP contribution >= 0.6 is 0 Å². The summed E-state index contributed by atoms with van der Waals surface area (Å²) in [6.45, 7) is 0. The number of aryl methyl sites for hydroxylation is 1. The Morgan fingerprint density at radius 1 is 1.29 bits per heavy atom. The lowest BCUT2D eigenvalue weighted by atomic mass is 9.92. The molecule has 0 bridgehead atoms. The van der Waals surface area contributed by atoms with Crippen molar-refractivity contribution in [1.29, 1.82) is 0 Å². The molecule has 0 spiro atoms. The van der Waals surface area contributed by atoms with Gasteiger partial charge in [-0.25, -0.2) is 0 Å². The summed E-state index contributed by atoms with van der Waals surface area (Å²) in [5.74, 6) is 2.89. The van der Waals surface area contributed by atoms with Gasteiger partial charge in [-0.15, -0.1) is 0 Å². The van der Waals surface area contributed by atoms with Crippen molar-refractivity contribution in [3.8, 4) is 0 Å². The lowest BCUT2D eigenvalue weighted by Crippen LogP contribution is -2.39. The molecule has 3 nitrogen and oxygen atoms in total. The molecule has 1 aliphatic carbocycles. The lowest BCUT2D eigenvalue weighted by Gasteiger charge is -2.30. The Bertz CT molecular complexity index is 405. The zero-order chi connectivity index (χ0) is 11.7. The van der Waals surface area contributed by atoms with Gasteiger partial charge in [0.05, 0.1) is 6.26 Å². The third kappa shape index (κ3) is 2.47. The standard InChI is InChI=1S/C13H19NO2S/c15-17-8-5-10(6-9-17)14-12-2-1-3-13-11(12)4-7-16-13/h4,7,10,12,14H,1-3,5-6,8-9H2. The van der Waals surface area contributed by atoms with Crippen molar-refractivity contribution in [2.75, 3.05) is 11.5 Å². The highest BCUT2D eigenvalue weighted by Crippen LogP contribution is 2.31. The Balaban J connectivity index is 1.65. The number of fused-ring (bicyclic) bond motifs is 1. The van der Waals surface area contributed by atoms with E-state index in [0.717, 1.165) is 36.5 Å². The van der Waals surface area contributed by atoms with Gasteiger partial charge in [0.2, 0.25) is 0 Å². The van der Waals surface area contributed by atoms with E-state index in [0.29, 0.717) is 12.1 Å². The van der Waals surface area contributed by atoms with E-state index in [1.807, 2.05) is 0 Å². The topological polar surface area (TPSA) is 42.2 Å². The van der Waals surface area contributed by atoms with Gasteiger partial charge in [0, 0.05) is 46.4 Å². The first-order chi connectivity index (χ1) is 8.33. The summed E-state index contributed by atoms with van der Waals surface area (Å²) in [7, 11) is -0.563. The fourth-order valence-corrected chi connectivity index (χ4v) is 4.20. The van der Waals surface area contributed by atoms with Crippen LogP contribution in [0.3, 0.4) is 0 Å². The molecule has 1 atom stereocenters. The van der Waals surface area contributed by atoms with Gasteiger partial charge in [0.1, 0.15) is 5.76 Å². The van der Waals surface area contributed by atoms with E-state index < -0.39 is 10.8 Å². The molecule has 17 heavy (non-hydrogen) atoms. The van der Waals surface area contributed by atoms with E-state index in [4.69, 9.17) is 4.42 Å². The molecular weight excluding hydrogens is 234 g/mol. The molecule has 4 heteroatoms. The van der Waals surface area contributed by atoms with E-state index >= 15 is 0 Å². The molecule has 1 aliphatic heterocycles.